The highest BCUT2D eigenvalue weighted by atomic mass is 19.1. The molecule has 2 aliphatic rings. The highest BCUT2D eigenvalue weighted by Crippen LogP contribution is 2.28. The van der Waals surface area contributed by atoms with E-state index < -0.39 is 6.17 Å². The zero-order valence-corrected chi connectivity index (χ0v) is 14.6. The molecule has 0 atom stereocenters. The molecule has 1 fully saturated rings. The molecule has 1 aliphatic carbocycles. The Morgan fingerprint density at radius 2 is 1.69 bits per heavy atom. The second-order valence-electron chi connectivity index (χ2n) is 7.21. The van der Waals surface area contributed by atoms with Crippen molar-refractivity contribution in [2.45, 2.75) is 44.8 Å². The number of benzene rings is 1. The number of rotatable bonds is 5. The van der Waals surface area contributed by atoms with Gasteiger partial charge in [-0.2, -0.15) is 0 Å². The summed E-state index contributed by atoms with van der Waals surface area (Å²) >= 11 is 0. The fourth-order valence-corrected chi connectivity index (χ4v) is 3.97. The zero-order chi connectivity index (χ0) is 18.1. The number of fused-ring (bicyclic) bond motifs is 1. The van der Waals surface area contributed by atoms with Crippen molar-refractivity contribution in [2.24, 2.45) is 5.92 Å². The Kier molecular flexibility index (Phi) is 4.57. The van der Waals surface area contributed by atoms with Gasteiger partial charge in [0.2, 0.25) is 0 Å². The Morgan fingerprint density at radius 3 is 2.35 bits per heavy atom. The standard InChI is InChI=1S/C20H22FN3O2/c21-15-7-5-14(6-8-15)12-23-13-22-11-16(23)9-10-24-19(25)17-3-1-2-4-18(17)20(24)26/h1-4,11,13-15H,5-10,12H2. The molecule has 2 heterocycles. The van der Waals surface area contributed by atoms with Crippen molar-refractivity contribution in [1.82, 2.24) is 14.5 Å². The van der Waals surface area contributed by atoms with Gasteiger partial charge in [0.25, 0.3) is 11.8 Å². The molecule has 0 spiro atoms. The van der Waals surface area contributed by atoms with Crippen LogP contribution >= 0.6 is 0 Å². The van der Waals surface area contributed by atoms with Crippen LogP contribution < -0.4 is 0 Å². The van der Waals surface area contributed by atoms with Gasteiger partial charge in [-0.05, 0) is 43.7 Å². The lowest BCUT2D eigenvalue weighted by atomic mass is 9.88. The summed E-state index contributed by atoms with van der Waals surface area (Å²) in [6.07, 6.45) is 6.59. The summed E-state index contributed by atoms with van der Waals surface area (Å²) in [5.41, 5.74) is 1.96. The summed E-state index contributed by atoms with van der Waals surface area (Å²) in [6.45, 7) is 1.17. The number of imide groups is 1. The monoisotopic (exact) mass is 355 g/mol. The lowest BCUT2D eigenvalue weighted by Gasteiger charge is -2.25. The number of hydrogen-bond acceptors (Lipinski definition) is 3. The molecule has 0 radical (unpaired) electrons. The van der Waals surface area contributed by atoms with Crippen LogP contribution in [0, 0.1) is 5.92 Å². The molecule has 0 N–H and O–H groups in total. The minimum atomic E-state index is -0.651. The first-order valence-corrected chi connectivity index (χ1v) is 9.22. The normalized spacial score (nSPS) is 22.7. The number of carbonyl (C=O) groups excluding carboxylic acids is 2. The molecule has 136 valence electrons. The van der Waals surface area contributed by atoms with Gasteiger partial charge < -0.3 is 4.57 Å². The summed E-state index contributed by atoms with van der Waals surface area (Å²) in [4.78, 5) is 30.4. The molecule has 0 unspecified atom stereocenters. The minimum Gasteiger partial charge on any atom is -0.334 e. The molecule has 1 saturated carbocycles. The molecule has 4 rings (SSSR count). The van der Waals surface area contributed by atoms with Gasteiger partial charge in [0.15, 0.2) is 0 Å². The average Bonchev–Trinajstić information content (AvgIpc) is 3.19. The van der Waals surface area contributed by atoms with Crippen molar-refractivity contribution >= 4 is 11.8 Å². The van der Waals surface area contributed by atoms with Crippen LogP contribution in [0.4, 0.5) is 4.39 Å². The summed E-state index contributed by atoms with van der Waals surface area (Å²) in [5.74, 6) is 0.0186. The van der Waals surface area contributed by atoms with Crippen LogP contribution in [-0.2, 0) is 13.0 Å². The summed E-state index contributed by atoms with van der Waals surface area (Å²) in [5, 5.41) is 0. The first kappa shape index (κ1) is 16.9. The maximum Gasteiger partial charge on any atom is 0.261 e. The van der Waals surface area contributed by atoms with E-state index >= 15 is 0 Å². The lowest BCUT2D eigenvalue weighted by Crippen LogP contribution is -2.32. The van der Waals surface area contributed by atoms with E-state index in [4.69, 9.17) is 0 Å². The molecule has 2 aromatic rings. The third-order valence-corrected chi connectivity index (χ3v) is 5.50. The van der Waals surface area contributed by atoms with Crippen molar-refractivity contribution in [3.05, 3.63) is 53.6 Å². The topological polar surface area (TPSA) is 55.2 Å². The number of nitrogens with zero attached hydrogens (tertiary/aromatic N) is 3. The predicted octanol–water partition coefficient (Wildman–Crippen LogP) is 3.25. The average molecular weight is 355 g/mol. The van der Waals surface area contributed by atoms with Gasteiger partial charge in [-0.15, -0.1) is 0 Å². The van der Waals surface area contributed by atoms with E-state index in [1.807, 2.05) is 0 Å². The van der Waals surface area contributed by atoms with Crippen molar-refractivity contribution in [3.63, 3.8) is 0 Å². The Morgan fingerprint density at radius 1 is 1.04 bits per heavy atom. The molecule has 1 aromatic heterocycles. The third kappa shape index (κ3) is 3.16. The molecule has 26 heavy (non-hydrogen) atoms. The number of halogens is 1. The molecule has 5 nitrogen and oxygen atoms in total. The van der Waals surface area contributed by atoms with Crippen molar-refractivity contribution in [2.75, 3.05) is 6.54 Å². The molecule has 0 saturated heterocycles. The van der Waals surface area contributed by atoms with Crippen molar-refractivity contribution < 1.29 is 14.0 Å². The van der Waals surface area contributed by atoms with Crippen LogP contribution in [-0.4, -0.2) is 39.0 Å². The van der Waals surface area contributed by atoms with E-state index in [9.17, 15) is 14.0 Å². The Balaban J connectivity index is 1.40. The van der Waals surface area contributed by atoms with E-state index in [1.54, 1.807) is 36.8 Å². The van der Waals surface area contributed by atoms with Crippen LogP contribution in [0.25, 0.3) is 0 Å². The van der Waals surface area contributed by atoms with Gasteiger partial charge in [0, 0.05) is 31.4 Å². The van der Waals surface area contributed by atoms with Crippen molar-refractivity contribution in [1.29, 1.82) is 0 Å². The van der Waals surface area contributed by atoms with Gasteiger partial charge in [0.05, 0.1) is 17.5 Å². The SMILES string of the molecule is O=C1c2ccccc2C(=O)N1CCc1cncn1CC1CCC(F)CC1. The maximum atomic E-state index is 13.3. The molecular weight excluding hydrogens is 333 g/mol. The third-order valence-electron chi connectivity index (χ3n) is 5.50. The maximum absolute atomic E-state index is 13.3. The van der Waals surface area contributed by atoms with Crippen LogP contribution in [0.1, 0.15) is 52.1 Å². The van der Waals surface area contributed by atoms with Gasteiger partial charge in [0.1, 0.15) is 6.17 Å². The van der Waals surface area contributed by atoms with Gasteiger partial charge in [-0.3, -0.25) is 14.5 Å². The van der Waals surface area contributed by atoms with E-state index in [-0.39, 0.29) is 11.8 Å². The predicted molar refractivity (Wildman–Crippen MR) is 94.6 cm³/mol. The fraction of sp³-hybridized carbons (Fsp3) is 0.450. The van der Waals surface area contributed by atoms with E-state index in [1.165, 1.54) is 4.90 Å². The first-order chi connectivity index (χ1) is 12.6. The number of amides is 2. The first-order valence-electron chi connectivity index (χ1n) is 9.22. The molecule has 0 bridgehead atoms. The lowest BCUT2D eigenvalue weighted by molar-refractivity contribution is 0.0655. The smallest absolute Gasteiger partial charge is 0.261 e. The van der Waals surface area contributed by atoms with Gasteiger partial charge >= 0.3 is 0 Å². The number of carbonyl (C=O) groups is 2. The minimum absolute atomic E-state index is 0.224. The fourth-order valence-electron chi connectivity index (χ4n) is 3.97. The summed E-state index contributed by atoms with van der Waals surface area (Å²) < 4.78 is 15.4. The van der Waals surface area contributed by atoms with E-state index in [2.05, 4.69) is 9.55 Å². The number of hydrogen-bond donors (Lipinski definition) is 0. The van der Waals surface area contributed by atoms with Crippen molar-refractivity contribution in [3.8, 4) is 0 Å². The quantitative estimate of drug-likeness (QED) is 0.774. The van der Waals surface area contributed by atoms with E-state index in [0.717, 1.165) is 25.1 Å². The van der Waals surface area contributed by atoms with Gasteiger partial charge in [-0.1, -0.05) is 12.1 Å². The zero-order valence-electron chi connectivity index (χ0n) is 14.6. The largest absolute Gasteiger partial charge is 0.334 e. The van der Waals surface area contributed by atoms with E-state index in [0.29, 0.717) is 42.9 Å². The Bertz CT molecular complexity index is 789. The second-order valence-corrected chi connectivity index (χ2v) is 7.21. The Labute approximate surface area is 151 Å². The number of aromatic nitrogens is 2. The van der Waals surface area contributed by atoms with Gasteiger partial charge in [-0.25, -0.2) is 9.37 Å². The molecule has 1 aliphatic heterocycles. The number of alkyl halides is 1. The second kappa shape index (κ2) is 7.02. The summed E-state index contributed by atoms with van der Waals surface area (Å²) in [7, 11) is 0. The summed E-state index contributed by atoms with van der Waals surface area (Å²) in [6, 6.07) is 6.94. The molecule has 2 amide bonds. The van der Waals surface area contributed by atoms with Crippen LogP contribution in [0.2, 0.25) is 0 Å². The van der Waals surface area contributed by atoms with Crippen LogP contribution in [0.3, 0.4) is 0 Å². The Hall–Kier alpha value is -2.50. The van der Waals surface area contributed by atoms with Crippen LogP contribution in [0.5, 0.6) is 0 Å². The molecule has 1 aromatic carbocycles. The highest BCUT2D eigenvalue weighted by Gasteiger charge is 2.34. The number of imidazole rings is 1. The highest BCUT2D eigenvalue weighted by molar-refractivity contribution is 6.21. The van der Waals surface area contributed by atoms with Crippen LogP contribution in [0.15, 0.2) is 36.8 Å². The molecular formula is C20H22FN3O2. The molecule has 6 heteroatoms.